The van der Waals surface area contributed by atoms with E-state index in [-0.39, 0.29) is 18.1 Å². The average molecular weight is 381 g/mol. The lowest BCUT2D eigenvalue weighted by atomic mass is 10.0. The maximum Gasteiger partial charge on any atom is 0.163 e. The number of hydrogen-bond donors (Lipinski definition) is 1. The van der Waals surface area contributed by atoms with E-state index in [9.17, 15) is 9.90 Å². The second-order valence-corrected chi connectivity index (χ2v) is 7.59. The zero-order chi connectivity index (χ0) is 18.1. The molecule has 0 atom stereocenters. The van der Waals surface area contributed by atoms with Crippen molar-refractivity contribution >= 4 is 39.2 Å². The molecule has 0 aliphatic carbocycles. The van der Waals surface area contributed by atoms with E-state index in [4.69, 9.17) is 4.74 Å². The van der Waals surface area contributed by atoms with Gasteiger partial charge < -0.3 is 9.84 Å². The summed E-state index contributed by atoms with van der Waals surface area (Å²) in [4.78, 5) is 17.8. The van der Waals surface area contributed by atoms with Crippen LogP contribution >= 0.6 is 22.7 Å². The van der Waals surface area contributed by atoms with Gasteiger partial charge in [-0.05, 0) is 24.4 Å². The number of phenols is 1. The summed E-state index contributed by atoms with van der Waals surface area (Å²) in [5.41, 5.74) is 1.18. The predicted octanol–water partition coefficient (Wildman–Crippen LogP) is 5.51. The molecule has 6 heteroatoms. The Labute approximate surface area is 158 Å². The third kappa shape index (κ3) is 3.09. The summed E-state index contributed by atoms with van der Waals surface area (Å²) in [6.07, 6.45) is 0. The molecule has 130 valence electrons. The van der Waals surface area contributed by atoms with Gasteiger partial charge in [0, 0.05) is 16.2 Å². The molecule has 2 aromatic carbocycles. The van der Waals surface area contributed by atoms with E-state index in [1.807, 2.05) is 41.1 Å². The molecule has 2 heterocycles. The highest BCUT2D eigenvalue weighted by molar-refractivity contribution is 7.20. The number of hydrogen-bond acceptors (Lipinski definition) is 6. The first kappa shape index (κ1) is 16.8. The minimum atomic E-state index is -0.154. The molecule has 0 bridgehead atoms. The van der Waals surface area contributed by atoms with Gasteiger partial charge in [-0.1, -0.05) is 30.3 Å². The van der Waals surface area contributed by atoms with Crippen molar-refractivity contribution in [3.05, 3.63) is 64.5 Å². The summed E-state index contributed by atoms with van der Waals surface area (Å²) in [6, 6.07) is 12.9. The molecule has 0 aliphatic rings. The summed E-state index contributed by atoms with van der Waals surface area (Å²) in [6.45, 7) is 1.73. The van der Waals surface area contributed by atoms with E-state index in [1.54, 1.807) is 28.7 Å². The number of thiazole rings is 1. The van der Waals surface area contributed by atoms with E-state index in [1.165, 1.54) is 13.0 Å². The molecular formula is C20H15NO3S2. The summed E-state index contributed by atoms with van der Waals surface area (Å²) < 4.78 is 6.00. The van der Waals surface area contributed by atoms with Crippen LogP contribution in [-0.2, 0) is 6.61 Å². The topological polar surface area (TPSA) is 59.4 Å². The van der Waals surface area contributed by atoms with Crippen molar-refractivity contribution in [2.24, 2.45) is 0 Å². The second-order valence-electron chi connectivity index (χ2n) is 5.78. The van der Waals surface area contributed by atoms with Crippen molar-refractivity contribution in [3.63, 3.8) is 0 Å². The highest BCUT2D eigenvalue weighted by Gasteiger charge is 2.17. The number of Topliss-reactive ketones (excluding diaryl/α,β-unsaturated/α-hetero) is 1. The number of fused-ring (bicyclic) bond motifs is 1. The minimum absolute atomic E-state index is 0.0757. The number of ether oxygens (including phenoxy) is 1. The molecule has 26 heavy (non-hydrogen) atoms. The fraction of sp³-hybridized carbons (Fsp3) is 0.100. The molecule has 0 saturated heterocycles. The average Bonchev–Trinajstić information content (AvgIpc) is 3.32. The zero-order valence-corrected chi connectivity index (χ0v) is 15.6. The lowest BCUT2D eigenvalue weighted by molar-refractivity contribution is 0.101. The van der Waals surface area contributed by atoms with Crippen LogP contribution in [0, 0.1) is 0 Å². The number of carbonyl (C=O) groups is 1. The van der Waals surface area contributed by atoms with Crippen LogP contribution in [-0.4, -0.2) is 15.9 Å². The molecule has 0 unspecified atom stereocenters. The molecule has 0 fully saturated rings. The Morgan fingerprint density at radius 1 is 1.15 bits per heavy atom. The molecule has 0 aliphatic heterocycles. The summed E-state index contributed by atoms with van der Waals surface area (Å²) >= 11 is 3.22. The number of phenolic OH excluding ortho intramolecular Hbond substituents is 1. The van der Waals surface area contributed by atoms with Crippen LogP contribution in [0.2, 0.25) is 0 Å². The number of ketones is 1. The number of aromatic nitrogens is 1. The summed E-state index contributed by atoms with van der Waals surface area (Å²) in [5.74, 6) is 0.405. The van der Waals surface area contributed by atoms with Gasteiger partial charge in [0.1, 0.15) is 23.1 Å². The molecule has 4 aromatic rings. The molecule has 0 spiro atoms. The molecule has 0 amide bonds. The Morgan fingerprint density at radius 2 is 1.96 bits per heavy atom. The number of benzene rings is 2. The summed E-state index contributed by atoms with van der Waals surface area (Å²) in [7, 11) is 0. The van der Waals surface area contributed by atoms with Crippen molar-refractivity contribution < 1.29 is 14.6 Å². The maximum absolute atomic E-state index is 12.0. The van der Waals surface area contributed by atoms with Crippen LogP contribution in [0.4, 0.5) is 0 Å². The number of thiophene rings is 1. The number of rotatable bonds is 5. The van der Waals surface area contributed by atoms with Gasteiger partial charge in [-0.15, -0.1) is 22.7 Å². The first-order valence-corrected chi connectivity index (χ1v) is 9.76. The van der Waals surface area contributed by atoms with Gasteiger partial charge in [-0.3, -0.25) is 4.79 Å². The Morgan fingerprint density at radius 3 is 2.69 bits per heavy atom. The lowest BCUT2D eigenvalue weighted by Crippen LogP contribution is -2.03. The molecule has 0 saturated carbocycles. The van der Waals surface area contributed by atoms with Crippen LogP contribution in [0.1, 0.15) is 23.0 Å². The van der Waals surface area contributed by atoms with Crippen LogP contribution in [0.5, 0.6) is 11.5 Å². The van der Waals surface area contributed by atoms with E-state index < -0.39 is 0 Å². The van der Waals surface area contributed by atoms with Gasteiger partial charge in [0.05, 0.1) is 16.1 Å². The van der Waals surface area contributed by atoms with E-state index in [0.717, 1.165) is 15.6 Å². The SMILES string of the molecule is CC(=O)c1cc(O)c2ccccc2c1OCc1csc(-c2cccs2)n1. The number of nitrogens with zero attached hydrogens (tertiary/aromatic N) is 1. The van der Waals surface area contributed by atoms with Gasteiger partial charge in [-0.25, -0.2) is 4.98 Å². The fourth-order valence-electron chi connectivity index (χ4n) is 2.78. The van der Waals surface area contributed by atoms with E-state index in [0.29, 0.717) is 22.1 Å². The first-order chi connectivity index (χ1) is 12.6. The largest absolute Gasteiger partial charge is 0.507 e. The monoisotopic (exact) mass is 381 g/mol. The van der Waals surface area contributed by atoms with Gasteiger partial charge in [0.15, 0.2) is 5.78 Å². The third-order valence-electron chi connectivity index (χ3n) is 4.00. The van der Waals surface area contributed by atoms with Crippen LogP contribution in [0.15, 0.2) is 53.2 Å². The van der Waals surface area contributed by atoms with E-state index in [2.05, 4.69) is 4.98 Å². The summed E-state index contributed by atoms with van der Waals surface area (Å²) in [5, 5.41) is 16.5. The number of carbonyl (C=O) groups excluding carboxylic acids is 1. The van der Waals surface area contributed by atoms with Gasteiger partial charge >= 0.3 is 0 Å². The normalized spacial score (nSPS) is 11.0. The Bertz CT molecular complexity index is 1080. The Hall–Kier alpha value is -2.70. The maximum atomic E-state index is 12.0. The standard InChI is InChI=1S/C20H15NO3S2/c1-12(22)16-9-17(23)14-5-2-3-6-15(14)19(16)24-10-13-11-26-20(21-13)18-7-4-8-25-18/h2-9,11,23H,10H2,1H3. The van der Waals surface area contributed by atoms with Crippen LogP contribution in [0.25, 0.3) is 20.7 Å². The van der Waals surface area contributed by atoms with Crippen LogP contribution < -0.4 is 4.74 Å². The first-order valence-electron chi connectivity index (χ1n) is 8.00. The smallest absolute Gasteiger partial charge is 0.163 e. The Balaban J connectivity index is 1.68. The van der Waals surface area contributed by atoms with Crippen molar-refractivity contribution in [2.75, 3.05) is 0 Å². The second kappa shape index (κ2) is 6.90. The third-order valence-corrected chi connectivity index (χ3v) is 5.93. The highest BCUT2D eigenvalue weighted by atomic mass is 32.1. The van der Waals surface area contributed by atoms with E-state index >= 15 is 0 Å². The highest BCUT2D eigenvalue weighted by Crippen LogP contribution is 2.37. The van der Waals surface area contributed by atoms with Gasteiger partial charge in [0.25, 0.3) is 0 Å². The fourth-order valence-corrected chi connectivity index (χ4v) is 4.40. The lowest BCUT2D eigenvalue weighted by Gasteiger charge is -2.13. The van der Waals surface area contributed by atoms with Crippen molar-refractivity contribution in [1.82, 2.24) is 4.98 Å². The van der Waals surface area contributed by atoms with Gasteiger partial charge in [-0.2, -0.15) is 0 Å². The quantitative estimate of drug-likeness (QED) is 0.463. The molecule has 4 rings (SSSR count). The minimum Gasteiger partial charge on any atom is -0.507 e. The number of aromatic hydroxyl groups is 1. The van der Waals surface area contributed by atoms with Crippen molar-refractivity contribution in [3.8, 4) is 21.4 Å². The van der Waals surface area contributed by atoms with Crippen molar-refractivity contribution in [1.29, 1.82) is 0 Å². The molecule has 1 N–H and O–H groups in total. The molecule has 4 nitrogen and oxygen atoms in total. The zero-order valence-electron chi connectivity index (χ0n) is 13.9. The van der Waals surface area contributed by atoms with Crippen LogP contribution in [0.3, 0.4) is 0 Å². The van der Waals surface area contributed by atoms with Crippen molar-refractivity contribution in [2.45, 2.75) is 13.5 Å². The Kier molecular flexibility index (Phi) is 4.44. The molecule has 0 radical (unpaired) electrons. The molecule has 2 aromatic heterocycles. The predicted molar refractivity (Wildman–Crippen MR) is 105 cm³/mol. The van der Waals surface area contributed by atoms with Gasteiger partial charge in [0.2, 0.25) is 0 Å². The molecular weight excluding hydrogens is 366 g/mol.